The number of imide groups is 1. The number of carbonyl (C=O) groups excluding carboxylic acids is 4. The van der Waals surface area contributed by atoms with Crippen molar-refractivity contribution in [1.82, 2.24) is 9.80 Å². The molecular weight excluding hydrogens is 631 g/mol. The standard InChI is InChI=1S/C35H46Cl2N2O7/c1-10-26(21-38(31(42)45-33(2,3)4)32(43)46-34(5,6)7)39-29(22-14-16-24(36)17-15-22)27(23-12-11-13-25(37)18-23)19-35(8,30(39)41)20-28(40)44-9/h11-18,26-27,29H,10,19-21H2,1-9H3. The van der Waals surface area contributed by atoms with Crippen molar-refractivity contribution in [3.8, 4) is 0 Å². The second-order valence-electron chi connectivity index (χ2n) is 14.0. The number of hydrogen-bond donors (Lipinski definition) is 0. The zero-order chi connectivity index (χ0) is 34.6. The van der Waals surface area contributed by atoms with Crippen LogP contribution in [0.25, 0.3) is 0 Å². The van der Waals surface area contributed by atoms with Crippen molar-refractivity contribution in [2.24, 2.45) is 5.41 Å². The van der Waals surface area contributed by atoms with Crippen molar-refractivity contribution in [3.63, 3.8) is 0 Å². The fraction of sp³-hybridized carbons (Fsp3) is 0.543. The minimum absolute atomic E-state index is 0.165. The third-order valence-corrected chi connectivity index (χ3v) is 8.33. The van der Waals surface area contributed by atoms with E-state index >= 15 is 0 Å². The molecule has 0 N–H and O–H groups in total. The lowest BCUT2D eigenvalue weighted by Gasteiger charge is -2.52. The van der Waals surface area contributed by atoms with Gasteiger partial charge in [-0.1, -0.05) is 61.3 Å². The molecule has 1 aliphatic rings. The topological polar surface area (TPSA) is 102 Å². The first-order valence-electron chi connectivity index (χ1n) is 15.4. The molecule has 0 bridgehead atoms. The van der Waals surface area contributed by atoms with Crippen molar-refractivity contribution in [2.45, 2.75) is 104 Å². The first-order valence-corrected chi connectivity index (χ1v) is 16.2. The Hall–Kier alpha value is -3.30. The lowest BCUT2D eigenvalue weighted by molar-refractivity contribution is -0.162. The number of hydrogen-bond acceptors (Lipinski definition) is 7. The van der Waals surface area contributed by atoms with Gasteiger partial charge in [0, 0.05) is 16.0 Å². The quantitative estimate of drug-likeness (QED) is 0.204. The number of benzene rings is 2. The highest BCUT2D eigenvalue weighted by atomic mass is 35.5. The number of piperidine rings is 1. The van der Waals surface area contributed by atoms with E-state index in [1.165, 1.54) is 7.11 Å². The van der Waals surface area contributed by atoms with Gasteiger partial charge in [0.25, 0.3) is 0 Å². The summed E-state index contributed by atoms with van der Waals surface area (Å²) in [4.78, 5) is 57.2. The Morgan fingerprint density at radius 3 is 1.98 bits per heavy atom. The average molecular weight is 678 g/mol. The smallest absolute Gasteiger partial charge is 0.419 e. The maximum absolute atomic E-state index is 14.8. The normalized spacial score (nSPS) is 20.9. The Kier molecular flexibility index (Phi) is 11.8. The van der Waals surface area contributed by atoms with E-state index in [0.717, 1.165) is 16.0 Å². The van der Waals surface area contributed by atoms with Crippen LogP contribution >= 0.6 is 23.2 Å². The minimum Gasteiger partial charge on any atom is -0.469 e. The zero-order valence-electron chi connectivity index (χ0n) is 28.2. The van der Waals surface area contributed by atoms with Crippen LogP contribution in [0.3, 0.4) is 0 Å². The molecule has 2 aromatic rings. The van der Waals surface area contributed by atoms with Gasteiger partial charge in [-0.25, -0.2) is 14.5 Å². The van der Waals surface area contributed by atoms with Gasteiger partial charge in [0.05, 0.1) is 37.6 Å². The molecule has 1 heterocycles. The third kappa shape index (κ3) is 9.38. The van der Waals surface area contributed by atoms with Crippen LogP contribution in [0, 0.1) is 5.41 Å². The average Bonchev–Trinajstić information content (AvgIpc) is 2.93. The molecule has 1 saturated heterocycles. The monoisotopic (exact) mass is 676 g/mol. The van der Waals surface area contributed by atoms with Gasteiger partial charge in [-0.15, -0.1) is 0 Å². The second kappa shape index (κ2) is 14.6. The number of rotatable bonds is 8. The van der Waals surface area contributed by atoms with E-state index < -0.39 is 46.9 Å². The van der Waals surface area contributed by atoms with Gasteiger partial charge in [-0.3, -0.25) is 9.59 Å². The summed E-state index contributed by atoms with van der Waals surface area (Å²) in [5, 5.41) is 1.05. The molecule has 4 atom stereocenters. The molecular formula is C35H46Cl2N2O7. The molecule has 3 rings (SSSR count). The summed E-state index contributed by atoms with van der Waals surface area (Å²) < 4.78 is 16.3. The molecule has 1 aliphatic heterocycles. The highest BCUT2D eigenvalue weighted by molar-refractivity contribution is 6.30. The number of likely N-dealkylation sites (tertiary alicyclic amines) is 1. The van der Waals surface area contributed by atoms with Crippen LogP contribution in [0.2, 0.25) is 10.0 Å². The Morgan fingerprint density at radius 1 is 0.935 bits per heavy atom. The summed E-state index contributed by atoms with van der Waals surface area (Å²) in [7, 11) is 1.29. The number of halogens is 2. The van der Waals surface area contributed by atoms with E-state index in [9.17, 15) is 19.2 Å². The van der Waals surface area contributed by atoms with Gasteiger partial charge in [0.2, 0.25) is 5.91 Å². The van der Waals surface area contributed by atoms with Crippen LogP contribution in [-0.4, -0.2) is 64.8 Å². The fourth-order valence-corrected chi connectivity index (χ4v) is 6.14. The molecule has 0 aromatic heterocycles. The molecule has 9 nitrogen and oxygen atoms in total. The molecule has 4 unspecified atom stereocenters. The number of ether oxygens (including phenoxy) is 3. The predicted molar refractivity (Wildman–Crippen MR) is 178 cm³/mol. The number of nitrogens with zero attached hydrogens (tertiary/aromatic N) is 2. The van der Waals surface area contributed by atoms with E-state index in [1.54, 1.807) is 71.6 Å². The van der Waals surface area contributed by atoms with Gasteiger partial charge in [0.15, 0.2) is 0 Å². The Bertz CT molecular complexity index is 1390. The summed E-state index contributed by atoms with van der Waals surface area (Å²) in [5.41, 5.74) is -1.32. The Morgan fingerprint density at radius 2 is 1.50 bits per heavy atom. The second-order valence-corrected chi connectivity index (χ2v) is 14.9. The van der Waals surface area contributed by atoms with Crippen LogP contribution in [0.1, 0.15) is 97.7 Å². The van der Waals surface area contributed by atoms with Crippen LogP contribution in [0.15, 0.2) is 48.5 Å². The van der Waals surface area contributed by atoms with Crippen LogP contribution in [0.5, 0.6) is 0 Å². The molecule has 11 heteroatoms. The molecule has 2 aromatic carbocycles. The lowest BCUT2D eigenvalue weighted by atomic mass is 9.67. The fourth-order valence-electron chi connectivity index (χ4n) is 5.82. The van der Waals surface area contributed by atoms with Crippen LogP contribution in [-0.2, 0) is 23.8 Å². The highest BCUT2D eigenvalue weighted by Crippen LogP contribution is 2.52. The summed E-state index contributed by atoms with van der Waals surface area (Å²) in [6.45, 7) is 13.6. The summed E-state index contributed by atoms with van der Waals surface area (Å²) in [5.74, 6) is -1.17. The molecule has 252 valence electrons. The van der Waals surface area contributed by atoms with Crippen molar-refractivity contribution in [1.29, 1.82) is 0 Å². The molecule has 0 radical (unpaired) electrons. The number of methoxy groups -OCH3 is 1. The summed E-state index contributed by atoms with van der Waals surface area (Å²) >= 11 is 12.8. The van der Waals surface area contributed by atoms with E-state index in [-0.39, 0.29) is 24.8 Å². The molecule has 1 fully saturated rings. The van der Waals surface area contributed by atoms with E-state index in [1.807, 2.05) is 37.3 Å². The minimum atomic E-state index is -1.18. The van der Waals surface area contributed by atoms with Crippen molar-refractivity contribution in [2.75, 3.05) is 13.7 Å². The third-order valence-electron chi connectivity index (χ3n) is 7.84. The van der Waals surface area contributed by atoms with Crippen molar-refractivity contribution >= 4 is 47.3 Å². The molecule has 46 heavy (non-hydrogen) atoms. The van der Waals surface area contributed by atoms with E-state index in [2.05, 4.69) is 0 Å². The highest BCUT2D eigenvalue weighted by Gasteiger charge is 2.53. The molecule has 0 spiro atoms. The van der Waals surface area contributed by atoms with Gasteiger partial charge in [0.1, 0.15) is 11.2 Å². The Labute approximate surface area is 282 Å². The first kappa shape index (κ1) is 37.2. The summed E-state index contributed by atoms with van der Waals surface area (Å²) in [6, 6.07) is 13.4. The molecule has 0 aliphatic carbocycles. The lowest BCUT2D eigenvalue weighted by Crippen LogP contribution is -2.59. The predicted octanol–water partition coefficient (Wildman–Crippen LogP) is 8.57. The van der Waals surface area contributed by atoms with Gasteiger partial charge >= 0.3 is 18.2 Å². The van der Waals surface area contributed by atoms with Crippen molar-refractivity contribution < 1.29 is 33.4 Å². The van der Waals surface area contributed by atoms with E-state index in [4.69, 9.17) is 37.4 Å². The SMILES string of the molecule is CCC(CN(C(=O)OC(C)(C)C)C(=O)OC(C)(C)C)N1C(=O)C(C)(CC(=O)OC)CC(c2cccc(Cl)c2)C1c1ccc(Cl)cc1. The van der Waals surface area contributed by atoms with Crippen molar-refractivity contribution in [3.05, 3.63) is 69.7 Å². The number of carbonyl (C=O) groups is 4. The summed E-state index contributed by atoms with van der Waals surface area (Å²) in [6.07, 6.45) is -1.29. The largest absolute Gasteiger partial charge is 0.469 e. The molecule has 3 amide bonds. The number of amides is 3. The molecule has 0 saturated carbocycles. The van der Waals surface area contributed by atoms with Gasteiger partial charge < -0.3 is 19.1 Å². The maximum atomic E-state index is 14.8. The van der Waals surface area contributed by atoms with Crippen LogP contribution in [0.4, 0.5) is 9.59 Å². The Balaban J connectivity index is 2.25. The van der Waals surface area contributed by atoms with Gasteiger partial charge in [-0.05, 0) is 89.8 Å². The van der Waals surface area contributed by atoms with Crippen LogP contribution < -0.4 is 0 Å². The van der Waals surface area contributed by atoms with Gasteiger partial charge in [-0.2, -0.15) is 0 Å². The maximum Gasteiger partial charge on any atom is 0.419 e. The first-order chi connectivity index (χ1) is 21.3. The van der Waals surface area contributed by atoms with E-state index in [0.29, 0.717) is 22.9 Å². The number of esters is 1. The zero-order valence-corrected chi connectivity index (χ0v) is 29.7.